The van der Waals surface area contributed by atoms with Gasteiger partial charge in [0.2, 0.25) is 5.92 Å². The number of allylic oxidation sites excluding steroid dienone is 1. The standard InChI is InChI=1S/C7H9F5/c1-3-7(11,12)5(8)4-6(2,9)10/h3,5H,1,4H2,2H3. The van der Waals surface area contributed by atoms with Crippen molar-refractivity contribution in [2.24, 2.45) is 0 Å². The summed E-state index contributed by atoms with van der Waals surface area (Å²) in [6.07, 6.45) is -4.34. The first-order valence-electron chi connectivity index (χ1n) is 3.22. The molecule has 12 heavy (non-hydrogen) atoms. The van der Waals surface area contributed by atoms with E-state index in [1.165, 1.54) is 0 Å². The van der Waals surface area contributed by atoms with Crippen LogP contribution in [0.4, 0.5) is 22.0 Å². The fraction of sp³-hybridized carbons (Fsp3) is 0.714. The van der Waals surface area contributed by atoms with E-state index in [-0.39, 0.29) is 6.08 Å². The Bertz CT molecular complexity index is 158. The first-order valence-corrected chi connectivity index (χ1v) is 3.22. The van der Waals surface area contributed by atoms with Gasteiger partial charge in [-0.25, -0.2) is 13.2 Å². The van der Waals surface area contributed by atoms with E-state index in [9.17, 15) is 22.0 Å². The van der Waals surface area contributed by atoms with Gasteiger partial charge in [0.05, 0.1) is 0 Å². The van der Waals surface area contributed by atoms with Crippen molar-refractivity contribution in [2.45, 2.75) is 31.4 Å². The maximum absolute atomic E-state index is 12.4. The van der Waals surface area contributed by atoms with Crippen LogP contribution in [-0.4, -0.2) is 18.0 Å². The molecular weight excluding hydrogens is 179 g/mol. The predicted molar refractivity (Wildman–Crippen MR) is 35.3 cm³/mol. The molecule has 0 aliphatic heterocycles. The van der Waals surface area contributed by atoms with Gasteiger partial charge in [-0.3, -0.25) is 0 Å². The average molecular weight is 188 g/mol. The van der Waals surface area contributed by atoms with Crippen LogP contribution < -0.4 is 0 Å². The SMILES string of the molecule is C=CC(F)(F)C(F)CC(C)(F)F. The number of alkyl halides is 5. The fourth-order valence-electron chi connectivity index (χ4n) is 0.579. The molecular formula is C7H9F5. The summed E-state index contributed by atoms with van der Waals surface area (Å²) in [4.78, 5) is 0. The summed E-state index contributed by atoms with van der Waals surface area (Å²) < 4.78 is 60.9. The van der Waals surface area contributed by atoms with Crippen molar-refractivity contribution in [3.05, 3.63) is 12.7 Å². The zero-order valence-electron chi connectivity index (χ0n) is 6.46. The van der Waals surface area contributed by atoms with Gasteiger partial charge in [0.1, 0.15) is 0 Å². The molecule has 0 aromatic heterocycles. The topological polar surface area (TPSA) is 0 Å². The maximum Gasteiger partial charge on any atom is 0.296 e. The Kier molecular flexibility index (Phi) is 3.24. The van der Waals surface area contributed by atoms with Gasteiger partial charge in [-0.15, -0.1) is 0 Å². The minimum absolute atomic E-state index is 0.0312. The van der Waals surface area contributed by atoms with Crippen molar-refractivity contribution in [2.75, 3.05) is 0 Å². The Morgan fingerprint density at radius 1 is 1.33 bits per heavy atom. The van der Waals surface area contributed by atoms with Crippen LogP contribution in [0.25, 0.3) is 0 Å². The molecule has 0 N–H and O–H groups in total. The molecule has 0 bridgehead atoms. The Hall–Kier alpha value is -0.610. The van der Waals surface area contributed by atoms with Crippen molar-refractivity contribution in [3.8, 4) is 0 Å². The van der Waals surface area contributed by atoms with Gasteiger partial charge >= 0.3 is 0 Å². The number of halogens is 5. The van der Waals surface area contributed by atoms with E-state index >= 15 is 0 Å². The van der Waals surface area contributed by atoms with Gasteiger partial charge in [0.15, 0.2) is 6.17 Å². The average Bonchev–Trinajstić information content (AvgIpc) is 1.84. The summed E-state index contributed by atoms with van der Waals surface area (Å²) >= 11 is 0. The Morgan fingerprint density at radius 3 is 2.00 bits per heavy atom. The van der Waals surface area contributed by atoms with Crippen molar-refractivity contribution in [3.63, 3.8) is 0 Å². The summed E-state index contributed by atoms with van der Waals surface area (Å²) in [5, 5.41) is 0. The van der Waals surface area contributed by atoms with Crippen molar-refractivity contribution in [1.82, 2.24) is 0 Å². The van der Waals surface area contributed by atoms with Crippen LogP contribution in [0.1, 0.15) is 13.3 Å². The Morgan fingerprint density at radius 2 is 1.75 bits per heavy atom. The number of hydrogen-bond acceptors (Lipinski definition) is 0. The molecule has 0 aromatic rings. The van der Waals surface area contributed by atoms with Crippen LogP contribution in [0.5, 0.6) is 0 Å². The molecule has 72 valence electrons. The van der Waals surface area contributed by atoms with Crippen LogP contribution >= 0.6 is 0 Å². The van der Waals surface area contributed by atoms with Crippen molar-refractivity contribution in [1.29, 1.82) is 0 Å². The molecule has 0 aliphatic carbocycles. The van der Waals surface area contributed by atoms with Crippen molar-refractivity contribution >= 4 is 0 Å². The normalized spacial score (nSPS) is 15.8. The van der Waals surface area contributed by atoms with E-state index in [4.69, 9.17) is 0 Å². The zero-order valence-corrected chi connectivity index (χ0v) is 6.46. The zero-order chi connectivity index (χ0) is 9.99. The van der Waals surface area contributed by atoms with E-state index in [0.29, 0.717) is 6.92 Å². The quantitative estimate of drug-likeness (QED) is 0.469. The molecule has 5 heteroatoms. The fourth-order valence-corrected chi connectivity index (χ4v) is 0.579. The minimum atomic E-state index is -3.88. The molecule has 0 aliphatic rings. The summed E-state index contributed by atoms with van der Waals surface area (Å²) in [5.41, 5.74) is 0. The Labute approximate surface area is 67.1 Å². The van der Waals surface area contributed by atoms with Gasteiger partial charge in [0, 0.05) is 6.42 Å². The largest absolute Gasteiger partial charge is 0.296 e. The third-order valence-electron chi connectivity index (χ3n) is 1.23. The van der Waals surface area contributed by atoms with Crippen LogP contribution in [-0.2, 0) is 0 Å². The monoisotopic (exact) mass is 188 g/mol. The van der Waals surface area contributed by atoms with Crippen molar-refractivity contribution < 1.29 is 22.0 Å². The van der Waals surface area contributed by atoms with Gasteiger partial charge in [-0.2, -0.15) is 8.78 Å². The third kappa shape index (κ3) is 3.69. The molecule has 0 saturated heterocycles. The molecule has 0 spiro atoms. The molecule has 0 saturated carbocycles. The molecule has 0 aromatic carbocycles. The maximum atomic E-state index is 12.4. The summed E-state index contributed by atoms with van der Waals surface area (Å²) in [6.45, 7) is 3.04. The van der Waals surface area contributed by atoms with Crippen LogP contribution in [0.2, 0.25) is 0 Å². The highest BCUT2D eigenvalue weighted by atomic mass is 19.3. The molecule has 0 radical (unpaired) electrons. The molecule has 0 heterocycles. The highest BCUT2D eigenvalue weighted by Gasteiger charge is 2.42. The van der Waals surface area contributed by atoms with Gasteiger partial charge < -0.3 is 0 Å². The van der Waals surface area contributed by atoms with E-state index in [2.05, 4.69) is 6.58 Å². The number of rotatable bonds is 4. The second-order valence-corrected chi connectivity index (χ2v) is 2.62. The summed E-state index contributed by atoms with van der Waals surface area (Å²) in [7, 11) is 0. The summed E-state index contributed by atoms with van der Waals surface area (Å²) in [5.74, 6) is -7.30. The highest BCUT2D eigenvalue weighted by Crippen LogP contribution is 2.31. The van der Waals surface area contributed by atoms with Gasteiger partial charge in [-0.1, -0.05) is 6.58 Å². The lowest BCUT2D eigenvalue weighted by Crippen LogP contribution is -2.32. The van der Waals surface area contributed by atoms with E-state index in [1.54, 1.807) is 0 Å². The lowest BCUT2D eigenvalue weighted by molar-refractivity contribution is -0.0830. The predicted octanol–water partition coefficient (Wildman–Crippen LogP) is 3.19. The Balaban J connectivity index is 4.22. The summed E-state index contributed by atoms with van der Waals surface area (Å²) in [6, 6.07) is 0. The van der Waals surface area contributed by atoms with Gasteiger partial charge in [-0.05, 0) is 13.0 Å². The first-order chi connectivity index (χ1) is 5.19. The van der Waals surface area contributed by atoms with E-state index in [0.717, 1.165) is 0 Å². The highest BCUT2D eigenvalue weighted by molar-refractivity contribution is 4.94. The molecule has 0 rings (SSSR count). The number of hydrogen-bond donors (Lipinski definition) is 0. The smallest absolute Gasteiger partial charge is 0.240 e. The van der Waals surface area contributed by atoms with Crippen LogP contribution in [0.15, 0.2) is 12.7 Å². The molecule has 1 unspecified atom stereocenters. The lowest BCUT2D eigenvalue weighted by Gasteiger charge is -2.19. The van der Waals surface area contributed by atoms with Crippen LogP contribution in [0, 0.1) is 0 Å². The van der Waals surface area contributed by atoms with Crippen LogP contribution in [0.3, 0.4) is 0 Å². The molecule has 0 amide bonds. The minimum Gasteiger partial charge on any atom is -0.240 e. The molecule has 1 atom stereocenters. The van der Waals surface area contributed by atoms with E-state index < -0.39 is 24.4 Å². The third-order valence-corrected chi connectivity index (χ3v) is 1.23. The molecule has 0 fully saturated rings. The van der Waals surface area contributed by atoms with Gasteiger partial charge in [0.25, 0.3) is 5.92 Å². The molecule has 0 nitrogen and oxygen atoms in total. The first kappa shape index (κ1) is 11.4. The lowest BCUT2D eigenvalue weighted by atomic mass is 10.1. The van der Waals surface area contributed by atoms with E-state index in [1.807, 2.05) is 0 Å². The second kappa shape index (κ2) is 3.41. The second-order valence-electron chi connectivity index (χ2n) is 2.62.